The summed E-state index contributed by atoms with van der Waals surface area (Å²) in [6.07, 6.45) is 0. The minimum absolute atomic E-state index is 0.142. The summed E-state index contributed by atoms with van der Waals surface area (Å²) in [5.41, 5.74) is 3.60. The Morgan fingerprint density at radius 1 is 1.29 bits per heavy atom. The molecule has 0 aliphatic heterocycles. The molecule has 0 amide bonds. The minimum Gasteiger partial charge on any atom is -0.495 e. The summed E-state index contributed by atoms with van der Waals surface area (Å²) in [6.45, 7) is 0.450. The fourth-order valence-electron chi connectivity index (χ4n) is 1.59. The smallest absolute Gasteiger partial charge is 0.141 e. The number of rotatable bonds is 6. The molecule has 1 unspecified atom stereocenters. The van der Waals surface area contributed by atoms with Gasteiger partial charge in [0.25, 0.3) is 0 Å². The van der Waals surface area contributed by atoms with Gasteiger partial charge in [0.2, 0.25) is 0 Å². The number of hydrogen-bond donors (Lipinski definition) is 2. The Morgan fingerprint density at radius 2 is 2.00 bits per heavy atom. The molecule has 96 valence electrons. The molecule has 1 aromatic carbocycles. The lowest BCUT2D eigenvalue weighted by Crippen LogP contribution is -2.31. The van der Waals surface area contributed by atoms with Crippen molar-refractivity contribution in [1.29, 1.82) is 0 Å². The quantitative estimate of drug-likeness (QED) is 0.617. The average molecular weight is 305 g/mol. The van der Waals surface area contributed by atoms with E-state index in [4.69, 9.17) is 20.1 Å². The third-order valence-electron chi connectivity index (χ3n) is 2.43. The second kappa shape index (κ2) is 6.80. The van der Waals surface area contributed by atoms with Gasteiger partial charge >= 0.3 is 0 Å². The fourth-order valence-corrected chi connectivity index (χ4v) is 2.27. The van der Waals surface area contributed by atoms with E-state index in [2.05, 4.69) is 21.4 Å². The Labute approximate surface area is 109 Å². The van der Waals surface area contributed by atoms with Crippen LogP contribution in [0.25, 0.3) is 0 Å². The van der Waals surface area contributed by atoms with Gasteiger partial charge in [0.15, 0.2) is 0 Å². The molecule has 0 radical (unpaired) electrons. The lowest BCUT2D eigenvalue weighted by Gasteiger charge is -2.20. The third kappa shape index (κ3) is 3.10. The highest BCUT2D eigenvalue weighted by atomic mass is 79.9. The zero-order valence-electron chi connectivity index (χ0n) is 10.1. The number of halogens is 1. The first-order valence-corrected chi connectivity index (χ1v) is 5.84. The van der Waals surface area contributed by atoms with Crippen molar-refractivity contribution in [3.63, 3.8) is 0 Å². The zero-order valence-corrected chi connectivity index (χ0v) is 11.7. The summed E-state index contributed by atoms with van der Waals surface area (Å²) in [5.74, 6) is 6.89. The molecule has 6 heteroatoms. The standard InChI is InChI=1S/C11H17BrN2O3/c1-15-6-8(14-13)7-4-5-9(16-2)10(12)11(7)17-3/h4-5,8,14H,6,13H2,1-3H3. The van der Waals surface area contributed by atoms with Crippen LogP contribution < -0.4 is 20.7 Å². The minimum atomic E-state index is -0.142. The topological polar surface area (TPSA) is 65.7 Å². The van der Waals surface area contributed by atoms with Gasteiger partial charge in [-0.25, -0.2) is 0 Å². The molecule has 3 N–H and O–H groups in total. The van der Waals surface area contributed by atoms with E-state index in [9.17, 15) is 0 Å². The molecule has 0 aromatic heterocycles. The van der Waals surface area contributed by atoms with Crippen LogP contribution >= 0.6 is 15.9 Å². The van der Waals surface area contributed by atoms with Crippen LogP contribution in [-0.2, 0) is 4.74 Å². The highest BCUT2D eigenvalue weighted by Gasteiger charge is 2.19. The summed E-state index contributed by atoms with van der Waals surface area (Å²) >= 11 is 3.44. The summed E-state index contributed by atoms with van der Waals surface area (Å²) in [7, 11) is 4.83. The van der Waals surface area contributed by atoms with Gasteiger partial charge in [-0.2, -0.15) is 0 Å². The highest BCUT2D eigenvalue weighted by molar-refractivity contribution is 9.10. The number of hydrogen-bond acceptors (Lipinski definition) is 5. The van der Waals surface area contributed by atoms with Crippen LogP contribution in [0.5, 0.6) is 11.5 Å². The van der Waals surface area contributed by atoms with Crippen LogP contribution in [0, 0.1) is 0 Å². The molecule has 0 bridgehead atoms. The lowest BCUT2D eigenvalue weighted by atomic mass is 10.1. The second-order valence-corrected chi connectivity index (χ2v) is 4.17. The van der Waals surface area contributed by atoms with Gasteiger partial charge in [0, 0.05) is 12.7 Å². The maximum atomic E-state index is 5.50. The van der Waals surface area contributed by atoms with Crippen molar-refractivity contribution in [3.05, 3.63) is 22.2 Å². The van der Waals surface area contributed by atoms with E-state index in [0.29, 0.717) is 18.1 Å². The third-order valence-corrected chi connectivity index (χ3v) is 3.18. The van der Waals surface area contributed by atoms with Crippen LogP contribution in [0.15, 0.2) is 16.6 Å². The fraction of sp³-hybridized carbons (Fsp3) is 0.455. The van der Waals surface area contributed by atoms with E-state index in [1.807, 2.05) is 12.1 Å². The first-order valence-electron chi connectivity index (χ1n) is 5.05. The molecule has 0 heterocycles. The van der Waals surface area contributed by atoms with E-state index < -0.39 is 0 Å². The molecule has 0 saturated heterocycles. The van der Waals surface area contributed by atoms with Crippen LogP contribution in [0.2, 0.25) is 0 Å². The van der Waals surface area contributed by atoms with Crippen molar-refractivity contribution in [1.82, 2.24) is 5.43 Å². The van der Waals surface area contributed by atoms with Crippen molar-refractivity contribution in [2.24, 2.45) is 5.84 Å². The Hall–Kier alpha value is -0.820. The summed E-state index contributed by atoms with van der Waals surface area (Å²) in [4.78, 5) is 0. The van der Waals surface area contributed by atoms with Crippen molar-refractivity contribution in [3.8, 4) is 11.5 Å². The maximum Gasteiger partial charge on any atom is 0.141 e. The molecular formula is C11H17BrN2O3. The molecule has 0 aliphatic rings. The number of nitrogens with one attached hydrogen (secondary N) is 1. The normalized spacial score (nSPS) is 12.3. The van der Waals surface area contributed by atoms with Crippen molar-refractivity contribution >= 4 is 15.9 Å². The van der Waals surface area contributed by atoms with Gasteiger partial charge in [-0.15, -0.1) is 0 Å². The lowest BCUT2D eigenvalue weighted by molar-refractivity contribution is 0.166. The first-order chi connectivity index (χ1) is 8.19. The number of hydrazine groups is 1. The molecule has 5 nitrogen and oxygen atoms in total. The molecule has 0 fully saturated rings. The van der Waals surface area contributed by atoms with Crippen molar-refractivity contribution in [2.75, 3.05) is 27.9 Å². The van der Waals surface area contributed by atoms with Gasteiger partial charge in [-0.05, 0) is 28.1 Å². The molecule has 17 heavy (non-hydrogen) atoms. The molecule has 1 rings (SSSR count). The predicted octanol–water partition coefficient (Wildman–Crippen LogP) is 1.62. The SMILES string of the molecule is COCC(NN)c1ccc(OC)c(Br)c1OC. The number of ether oxygens (including phenoxy) is 3. The molecule has 0 spiro atoms. The van der Waals surface area contributed by atoms with E-state index in [1.165, 1.54) is 0 Å². The Bertz CT molecular complexity index is 374. The molecule has 1 aromatic rings. The number of nitrogens with two attached hydrogens (primary N) is 1. The summed E-state index contributed by atoms with van der Waals surface area (Å²) in [5, 5.41) is 0. The van der Waals surface area contributed by atoms with Crippen LogP contribution in [0.1, 0.15) is 11.6 Å². The van der Waals surface area contributed by atoms with E-state index in [-0.39, 0.29) is 6.04 Å². The molecule has 1 atom stereocenters. The number of benzene rings is 1. The zero-order chi connectivity index (χ0) is 12.8. The van der Waals surface area contributed by atoms with E-state index in [1.54, 1.807) is 21.3 Å². The largest absolute Gasteiger partial charge is 0.495 e. The average Bonchev–Trinajstić information content (AvgIpc) is 2.35. The Morgan fingerprint density at radius 3 is 2.47 bits per heavy atom. The van der Waals surface area contributed by atoms with Crippen LogP contribution in [0.3, 0.4) is 0 Å². The van der Waals surface area contributed by atoms with E-state index in [0.717, 1.165) is 10.0 Å². The van der Waals surface area contributed by atoms with Crippen LogP contribution in [0.4, 0.5) is 0 Å². The second-order valence-electron chi connectivity index (χ2n) is 3.38. The van der Waals surface area contributed by atoms with Gasteiger partial charge in [-0.1, -0.05) is 0 Å². The monoisotopic (exact) mass is 304 g/mol. The van der Waals surface area contributed by atoms with Crippen molar-refractivity contribution in [2.45, 2.75) is 6.04 Å². The van der Waals surface area contributed by atoms with Gasteiger partial charge < -0.3 is 14.2 Å². The Kier molecular flexibility index (Phi) is 5.70. The molecular weight excluding hydrogens is 288 g/mol. The van der Waals surface area contributed by atoms with E-state index >= 15 is 0 Å². The number of methoxy groups -OCH3 is 3. The predicted molar refractivity (Wildman–Crippen MR) is 69.2 cm³/mol. The maximum absolute atomic E-state index is 5.50. The van der Waals surface area contributed by atoms with Crippen LogP contribution in [-0.4, -0.2) is 27.9 Å². The summed E-state index contributed by atoms with van der Waals surface area (Å²) in [6, 6.07) is 3.60. The summed E-state index contributed by atoms with van der Waals surface area (Å²) < 4.78 is 16.4. The highest BCUT2D eigenvalue weighted by Crippen LogP contribution is 2.39. The van der Waals surface area contributed by atoms with Gasteiger partial charge in [0.1, 0.15) is 16.0 Å². The molecule has 0 aliphatic carbocycles. The first kappa shape index (κ1) is 14.2. The van der Waals surface area contributed by atoms with Crippen molar-refractivity contribution < 1.29 is 14.2 Å². The Balaban J connectivity index is 3.18. The molecule has 0 saturated carbocycles. The van der Waals surface area contributed by atoms with Gasteiger partial charge in [-0.3, -0.25) is 11.3 Å². The van der Waals surface area contributed by atoms with Gasteiger partial charge in [0.05, 0.1) is 26.9 Å².